The van der Waals surface area contributed by atoms with Crippen LogP contribution in [0.2, 0.25) is 0 Å². The van der Waals surface area contributed by atoms with E-state index >= 15 is 0 Å². The average Bonchev–Trinajstić information content (AvgIpc) is 2.09. The minimum absolute atomic E-state index is 0.206. The molecule has 0 saturated heterocycles. The summed E-state index contributed by atoms with van der Waals surface area (Å²) < 4.78 is 5.88. The first kappa shape index (κ1) is 10.3. The molecule has 4 heteroatoms. The van der Waals surface area contributed by atoms with Gasteiger partial charge in [0.2, 0.25) is 0 Å². The first-order valence-corrected chi connectivity index (χ1v) is 4.72. The predicted molar refractivity (Wildman–Crippen MR) is 57.4 cm³/mol. The summed E-state index contributed by atoms with van der Waals surface area (Å²) in [7, 11) is 1.48. The van der Waals surface area contributed by atoms with Crippen LogP contribution in [0.5, 0.6) is 5.75 Å². The van der Waals surface area contributed by atoms with E-state index in [9.17, 15) is 4.79 Å². The van der Waals surface area contributed by atoms with Gasteiger partial charge in [-0.2, -0.15) is 0 Å². The SMILES string of the molecule is COc1c(C(=O)O)ccc(C)c1I. The number of carbonyl (C=O) groups is 1. The highest BCUT2D eigenvalue weighted by atomic mass is 127. The molecule has 70 valence electrons. The Morgan fingerprint density at radius 3 is 2.62 bits per heavy atom. The molecule has 0 heterocycles. The van der Waals surface area contributed by atoms with Crippen LogP contribution in [0.3, 0.4) is 0 Å². The third-order valence-electron chi connectivity index (χ3n) is 1.72. The summed E-state index contributed by atoms with van der Waals surface area (Å²) in [5, 5.41) is 8.83. The number of methoxy groups -OCH3 is 1. The van der Waals surface area contributed by atoms with Gasteiger partial charge in [0.25, 0.3) is 0 Å². The fraction of sp³-hybridized carbons (Fsp3) is 0.222. The van der Waals surface area contributed by atoms with E-state index in [0.717, 1.165) is 9.13 Å². The van der Waals surface area contributed by atoms with E-state index < -0.39 is 5.97 Å². The van der Waals surface area contributed by atoms with E-state index in [2.05, 4.69) is 22.6 Å². The van der Waals surface area contributed by atoms with Crippen molar-refractivity contribution in [2.75, 3.05) is 7.11 Å². The molecular formula is C9H9IO3. The normalized spacial score (nSPS) is 9.77. The number of hydrogen-bond acceptors (Lipinski definition) is 2. The highest BCUT2D eigenvalue weighted by Gasteiger charge is 2.14. The van der Waals surface area contributed by atoms with Crippen molar-refractivity contribution in [3.63, 3.8) is 0 Å². The molecule has 3 nitrogen and oxygen atoms in total. The Labute approximate surface area is 89.9 Å². The van der Waals surface area contributed by atoms with Crippen molar-refractivity contribution in [3.05, 3.63) is 26.8 Å². The second-order valence-electron chi connectivity index (χ2n) is 2.58. The van der Waals surface area contributed by atoms with E-state index in [0.29, 0.717) is 5.75 Å². The third kappa shape index (κ3) is 1.93. The number of carboxylic acids is 1. The van der Waals surface area contributed by atoms with Gasteiger partial charge in [-0.3, -0.25) is 0 Å². The largest absolute Gasteiger partial charge is 0.495 e. The molecule has 0 spiro atoms. The maximum Gasteiger partial charge on any atom is 0.339 e. The summed E-state index contributed by atoms with van der Waals surface area (Å²) >= 11 is 2.08. The van der Waals surface area contributed by atoms with Gasteiger partial charge in [-0.25, -0.2) is 4.79 Å². The minimum Gasteiger partial charge on any atom is -0.495 e. The monoisotopic (exact) mass is 292 g/mol. The fourth-order valence-electron chi connectivity index (χ4n) is 1.02. The van der Waals surface area contributed by atoms with Crippen LogP contribution in [0.25, 0.3) is 0 Å². The van der Waals surface area contributed by atoms with Crippen LogP contribution in [0.4, 0.5) is 0 Å². The van der Waals surface area contributed by atoms with E-state index in [1.54, 1.807) is 12.1 Å². The molecule has 0 aromatic heterocycles. The van der Waals surface area contributed by atoms with Crippen molar-refractivity contribution in [2.45, 2.75) is 6.92 Å². The molecule has 1 N–H and O–H groups in total. The number of ether oxygens (including phenoxy) is 1. The molecular weight excluding hydrogens is 283 g/mol. The van der Waals surface area contributed by atoms with Gasteiger partial charge in [0, 0.05) is 0 Å². The van der Waals surface area contributed by atoms with Gasteiger partial charge >= 0.3 is 5.97 Å². The molecule has 0 aliphatic carbocycles. The first-order chi connectivity index (χ1) is 6.07. The zero-order chi connectivity index (χ0) is 10.0. The Morgan fingerprint density at radius 1 is 1.54 bits per heavy atom. The van der Waals surface area contributed by atoms with E-state index in [-0.39, 0.29) is 5.56 Å². The molecule has 0 atom stereocenters. The Bertz CT molecular complexity index is 347. The minimum atomic E-state index is -0.963. The van der Waals surface area contributed by atoms with Gasteiger partial charge in [0.15, 0.2) is 0 Å². The summed E-state index contributed by atoms with van der Waals surface area (Å²) in [4.78, 5) is 10.8. The topological polar surface area (TPSA) is 46.5 Å². The highest BCUT2D eigenvalue weighted by molar-refractivity contribution is 14.1. The zero-order valence-electron chi connectivity index (χ0n) is 7.30. The Hall–Kier alpha value is -0.780. The van der Waals surface area contributed by atoms with Crippen LogP contribution in [0.15, 0.2) is 12.1 Å². The lowest BCUT2D eigenvalue weighted by Crippen LogP contribution is -2.02. The zero-order valence-corrected chi connectivity index (χ0v) is 9.45. The Morgan fingerprint density at radius 2 is 2.15 bits per heavy atom. The van der Waals surface area contributed by atoms with Crippen LogP contribution in [0.1, 0.15) is 15.9 Å². The van der Waals surface area contributed by atoms with Crippen molar-refractivity contribution in [2.24, 2.45) is 0 Å². The van der Waals surface area contributed by atoms with Gasteiger partial charge in [-0.05, 0) is 41.1 Å². The maximum atomic E-state index is 10.8. The number of aromatic carboxylic acids is 1. The molecule has 0 unspecified atom stereocenters. The third-order valence-corrected chi connectivity index (χ3v) is 3.07. The first-order valence-electron chi connectivity index (χ1n) is 3.64. The van der Waals surface area contributed by atoms with Crippen molar-refractivity contribution < 1.29 is 14.6 Å². The molecule has 0 fully saturated rings. The van der Waals surface area contributed by atoms with Crippen molar-refractivity contribution in [1.29, 1.82) is 0 Å². The standard InChI is InChI=1S/C9H9IO3/c1-5-3-4-6(9(11)12)8(13-2)7(5)10/h3-4H,1-2H3,(H,11,12). The number of rotatable bonds is 2. The maximum absolute atomic E-state index is 10.8. The molecule has 1 aromatic rings. The molecule has 0 aliphatic rings. The van der Waals surface area contributed by atoms with Crippen LogP contribution in [0, 0.1) is 10.5 Å². The molecule has 13 heavy (non-hydrogen) atoms. The van der Waals surface area contributed by atoms with Crippen LogP contribution in [-0.2, 0) is 0 Å². The predicted octanol–water partition coefficient (Wildman–Crippen LogP) is 2.31. The smallest absolute Gasteiger partial charge is 0.339 e. The lowest BCUT2D eigenvalue weighted by molar-refractivity contribution is 0.0693. The van der Waals surface area contributed by atoms with Crippen molar-refractivity contribution in [3.8, 4) is 5.75 Å². The molecule has 0 bridgehead atoms. The van der Waals surface area contributed by atoms with E-state index in [1.165, 1.54) is 7.11 Å². The highest BCUT2D eigenvalue weighted by Crippen LogP contribution is 2.28. The summed E-state index contributed by atoms with van der Waals surface area (Å²) in [5.41, 5.74) is 1.22. The number of hydrogen-bond donors (Lipinski definition) is 1. The molecule has 1 aromatic carbocycles. The molecule has 0 amide bonds. The Kier molecular flexibility index (Phi) is 3.13. The van der Waals surface area contributed by atoms with Gasteiger partial charge < -0.3 is 9.84 Å². The van der Waals surface area contributed by atoms with Crippen LogP contribution in [-0.4, -0.2) is 18.2 Å². The van der Waals surface area contributed by atoms with Crippen molar-refractivity contribution in [1.82, 2.24) is 0 Å². The van der Waals surface area contributed by atoms with Crippen molar-refractivity contribution >= 4 is 28.6 Å². The molecule has 1 rings (SSSR count). The number of halogens is 1. The average molecular weight is 292 g/mol. The lowest BCUT2D eigenvalue weighted by atomic mass is 10.1. The second-order valence-corrected chi connectivity index (χ2v) is 3.66. The van der Waals surface area contributed by atoms with Gasteiger partial charge in [0.05, 0.1) is 10.7 Å². The molecule has 0 saturated carbocycles. The summed E-state index contributed by atoms with van der Waals surface area (Å²) in [6, 6.07) is 3.33. The van der Waals surface area contributed by atoms with E-state index in [1.807, 2.05) is 6.92 Å². The fourth-order valence-corrected chi connectivity index (χ4v) is 1.71. The number of benzene rings is 1. The van der Waals surface area contributed by atoms with Crippen LogP contribution < -0.4 is 4.74 Å². The number of carboxylic acid groups (broad SMARTS) is 1. The quantitative estimate of drug-likeness (QED) is 0.851. The lowest BCUT2D eigenvalue weighted by Gasteiger charge is -2.08. The summed E-state index contributed by atoms with van der Waals surface area (Å²) in [6.45, 7) is 1.91. The molecule has 0 aliphatic heterocycles. The second kappa shape index (κ2) is 3.95. The molecule has 0 radical (unpaired) electrons. The van der Waals surface area contributed by atoms with Gasteiger partial charge in [-0.1, -0.05) is 6.07 Å². The number of aryl methyl sites for hydroxylation is 1. The summed E-state index contributed by atoms with van der Waals surface area (Å²) in [6.07, 6.45) is 0. The van der Waals surface area contributed by atoms with Gasteiger partial charge in [0.1, 0.15) is 11.3 Å². The summed E-state index contributed by atoms with van der Waals surface area (Å²) in [5.74, 6) is -0.525. The van der Waals surface area contributed by atoms with Crippen LogP contribution >= 0.6 is 22.6 Å². The Balaban J connectivity index is 3.38. The van der Waals surface area contributed by atoms with Gasteiger partial charge in [-0.15, -0.1) is 0 Å². The van der Waals surface area contributed by atoms with E-state index in [4.69, 9.17) is 9.84 Å².